The molecule has 16 heavy (non-hydrogen) atoms. The third kappa shape index (κ3) is 2.34. The number of nitrogens with zero attached hydrogens (tertiary/aromatic N) is 4. The number of anilines is 1. The first kappa shape index (κ1) is 10.6. The van der Waals surface area contributed by atoms with Crippen LogP contribution in [0.3, 0.4) is 0 Å². The van der Waals surface area contributed by atoms with E-state index in [-0.39, 0.29) is 11.2 Å². The highest BCUT2D eigenvalue weighted by molar-refractivity contribution is 6.28. The van der Waals surface area contributed by atoms with E-state index >= 15 is 0 Å². The minimum atomic E-state index is -0.313. The van der Waals surface area contributed by atoms with Crippen LogP contribution in [-0.4, -0.2) is 25.7 Å². The Morgan fingerprint density at radius 2 is 2.12 bits per heavy atom. The van der Waals surface area contributed by atoms with Crippen LogP contribution in [-0.2, 0) is 7.05 Å². The predicted octanol–water partition coefficient (Wildman–Crippen LogP) is 1.12. The van der Waals surface area contributed by atoms with E-state index in [4.69, 9.17) is 11.6 Å². The topological polar surface area (TPSA) is 72.7 Å². The summed E-state index contributed by atoms with van der Waals surface area (Å²) >= 11 is 5.52. The molecule has 2 heterocycles. The predicted molar refractivity (Wildman–Crippen MR) is 58.2 cm³/mol. The van der Waals surface area contributed by atoms with Gasteiger partial charge in [0.2, 0.25) is 5.28 Å². The normalized spacial score (nSPS) is 10.1. The van der Waals surface area contributed by atoms with Crippen LogP contribution in [0.25, 0.3) is 0 Å². The zero-order chi connectivity index (χ0) is 11.5. The van der Waals surface area contributed by atoms with Crippen molar-refractivity contribution in [3.8, 4) is 0 Å². The van der Waals surface area contributed by atoms with Crippen LogP contribution >= 0.6 is 11.6 Å². The first-order valence-corrected chi connectivity index (χ1v) is 4.81. The molecule has 0 aliphatic heterocycles. The number of halogens is 1. The molecule has 0 aliphatic carbocycles. The summed E-state index contributed by atoms with van der Waals surface area (Å²) in [7, 11) is 1.74. The molecule has 0 radical (unpaired) electrons. The van der Waals surface area contributed by atoms with Crippen LogP contribution in [0.2, 0.25) is 5.28 Å². The Labute approximate surface area is 96.3 Å². The number of hydrogen-bond donors (Lipinski definition) is 1. The quantitative estimate of drug-likeness (QED) is 0.795. The molecule has 6 nitrogen and oxygen atoms in total. The minimum Gasteiger partial charge on any atom is -0.318 e. The van der Waals surface area contributed by atoms with Crippen molar-refractivity contribution >= 4 is 23.2 Å². The lowest BCUT2D eigenvalue weighted by Gasteiger charge is -2.01. The van der Waals surface area contributed by atoms with Crippen LogP contribution in [0.4, 0.5) is 5.69 Å². The standard InChI is InChI=1S/C9H8ClN5O/c1-15-3-2-7(14-15)8(16)13-6-4-11-9(10)12-5-6/h2-5H,1H3,(H,13,16). The van der Waals surface area contributed by atoms with Crippen LogP contribution < -0.4 is 5.32 Å². The molecular formula is C9H8ClN5O. The molecule has 0 bridgehead atoms. The first-order valence-electron chi connectivity index (χ1n) is 4.44. The number of aromatic nitrogens is 4. The van der Waals surface area contributed by atoms with E-state index in [0.29, 0.717) is 11.4 Å². The van der Waals surface area contributed by atoms with Crippen molar-refractivity contribution in [3.63, 3.8) is 0 Å². The van der Waals surface area contributed by atoms with Gasteiger partial charge in [0.15, 0.2) is 5.69 Å². The summed E-state index contributed by atoms with van der Waals surface area (Å²) in [6, 6.07) is 1.62. The molecule has 0 spiro atoms. The van der Waals surface area contributed by atoms with Gasteiger partial charge in [0.25, 0.3) is 5.91 Å². The lowest BCUT2D eigenvalue weighted by molar-refractivity contribution is 0.102. The fraction of sp³-hybridized carbons (Fsp3) is 0.111. The van der Waals surface area contributed by atoms with Crippen LogP contribution in [0.5, 0.6) is 0 Å². The van der Waals surface area contributed by atoms with Gasteiger partial charge in [-0.25, -0.2) is 9.97 Å². The molecular weight excluding hydrogens is 230 g/mol. The zero-order valence-corrected chi connectivity index (χ0v) is 9.14. The van der Waals surface area contributed by atoms with E-state index in [9.17, 15) is 4.79 Å². The molecule has 2 aromatic heterocycles. The Morgan fingerprint density at radius 3 is 2.69 bits per heavy atom. The Hall–Kier alpha value is -1.95. The van der Waals surface area contributed by atoms with E-state index in [0.717, 1.165) is 0 Å². The van der Waals surface area contributed by atoms with E-state index in [1.165, 1.54) is 12.4 Å². The Kier molecular flexibility index (Phi) is 2.82. The maximum atomic E-state index is 11.6. The van der Waals surface area contributed by atoms with Crippen molar-refractivity contribution in [1.82, 2.24) is 19.7 Å². The van der Waals surface area contributed by atoms with Gasteiger partial charge in [0.05, 0.1) is 18.1 Å². The van der Waals surface area contributed by atoms with Crippen molar-refractivity contribution in [2.24, 2.45) is 7.05 Å². The minimum absolute atomic E-state index is 0.135. The number of carbonyl (C=O) groups is 1. The number of carbonyl (C=O) groups excluding carboxylic acids is 1. The van der Waals surface area contributed by atoms with Gasteiger partial charge in [0.1, 0.15) is 0 Å². The monoisotopic (exact) mass is 237 g/mol. The third-order valence-corrected chi connectivity index (χ3v) is 2.02. The van der Waals surface area contributed by atoms with Crippen molar-refractivity contribution in [3.05, 3.63) is 35.6 Å². The van der Waals surface area contributed by atoms with Crippen LogP contribution in [0, 0.1) is 0 Å². The molecule has 0 atom stereocenters. The number of hydrogen-bond acceptors (Lipinski definition) is 4. The summed E-state index contributed by atoms with van der Waals surface area (Å²) in [6.45, 7) is 0. The molecule has 0 saturated carbocycles. The number of rotatable bonds is 2. The SMILES string of the molecule is Cn1ccc(C(=O)Nc2cnc(Cl)nc2)n1. The lowest BCUT2D eigenvalue weighted by Crippen LogP contribution is -2.13. The highest BCUT2D eigenvalue weighted by atomic mass is 35.5. The zero-order valence-electron chi connectivity index (χ0n) is 8.38. The second-order valence-corrected chi connectivity index (χ2v) is 3.41. The van der Waals surface area contributed by atoms with Gasteiger partial charge in [-0.15, -0.1) is 0 Å². The molecule has 0 fully saturated rings. The summed E-state index contributed by atoms with van der Waals surface area (Å²) < 4.78 is 1.55. The highest BCUT2D eigenvalue weighted by Crippen LogP contribution is 2.07. The fourth-order valence-corrected chi connectivity index (χ4v) is 1.21. The van der Waals surface area contributed by atoms with Gasteiger partial charge < -0.3 is 5.32 Å². The van der Waals surface area contributed by atoms with Crippen molar-refractivity contribution < 1.29 is 4.79 Å². The van der Waals surface area contributed by atoms with Crippen LogP contribution in [0.15, 0.2) is 24.7 Å². The molecule has 0 aromatic carbocycles. The summed E-state index contributed by atoms with van der Waals surface area (Å²) in [6.07, 6.45) is 4.54. The second kappa shape index (κ2) is 4.28. The fourth-order valence-electron chi connectivity index (χ4n) is 1.11. The maximum Gasteiger partial charge on any atom is 0.276 e. The summed E-state index contributed by atoms with van der Waals surface area (Å²) in [5.41, 5.74) is 0.803. The number of aryl methyl sites for hydroxylation is 1. The third-order valence-electron chi connectivity index (χ3n) is 1.82. The summed E-state index contributed by atoms with van der Waals surface area (Å²) in [5.74, 6) is -0.313. The number of amides is 1. The van der Waals surface area contributed by atoms with Gasteiger partial charge in [-0.05, 0) is 17.7 Å². The molecule has 2 rings (SSSR count). The second-order valence-electron chi connectivity index (χ2n) is 3.07. The van der Waals surface area contributed by atoms with Gasteiger partial charge in [0, 0.05) is 13.2 Å². The molecule has 0 saturated heterocycles. The van der Waals surface area contributed by atoms with E-state index in [2.05, 4.69) is 20.4 Å². The smallest absolute Gasteiger partial charge is 0.276 e. The van der Waals surface area contributed by atoms with Crippen molar-refractivity contribution in [2.45, 2.75) is 0 Å². The van der Waals surface area contributed by atoms with E-state index in [1.54, 1.807) is 24.0 Å². The Morgan fingerprint density at radius 1 is 1.44 bits per heavy atom. The average Bonchev–Trinajstić information content (AvgIpc) is 2.68. The van der Waals surface area contributed by atoms with Crippen molar-refractivity contribution in [1.29, 1.82) is 0 Å². The van der Waals surface area contributed by atoms with Crippen molar-refractivity contribution in [2.75, 3.05) is 5.32 Å². The average molecular weight is 238 g/mol. The molecule has 7 heteroatoms. The molecule has 82 valence electrons. The largest absolute Gasteiger partial charge is 0.318 e. The summed E-state index contributed by atoms with van der Waals surface area (Å²) in [4.78, 5) is 19.1. The lowest BCUT2D eigenvalue weighted by atomic mass is 10.4. The molecule has 1 amide bonds. The number of nitrogens with one attached hydrogen (secondary N) is 1. The van der Waals surface area contributed by atoms with E-state index < -0.39 is 0 Å². The van der Waals surface area contributed by atoms with Gasteiger partial charge in [-0.3, -0.25) is 9.48 Å². The molecule has 0 unspecified atom stereocenters. The molecule has 0 aliphatic rings. The van der Waals surface area contributed by atoms with Gasteiger partial charge in [-0.2, -0.15) is 5.10 Å². The maximum absolute atomic E-state index is 11.6. The first-order chi connectivity index (χ1) is 7.65. The van der Waals surface area contributed by atoms with Crippen LogP contribution in [0.1, 0.15) is 10.5 Å². The van der Waals surface area contributed by atoms with Gasteiger partial charge in [-0.1, -0.05) is 0 Å². The summed E-state index contributed by atoms with van der Waals surface area (Å²) in [5, 5.41) is 6.70. The Balaban J connectivity index is 2.10. The Bertz CT molecular complexity index is 507. The molecule has 1 N–H and O–H groups in total. The molecule has 2 aromatic rings. The van der Waals surface area contributed by atoms with E-state index in [1.807, 2.05) is 0 Å². The van der Waals surface area contributed by atoms with Gasteiger partial charge >= 0.3 is 0 Å². The highest BCUT2D eigenvalue weighted by Gasteiger charge is 2.09.